The van der Waals surface area contributed by atoms with Crippen LogP contribution in [0, 0.1) is 0 Å². The molecule has 0 radical (unpaired) electrons. The first-order valence-corrected chi connectivity index (χ1v) is 8.83. The summed E-state index contributed by atoms with van der Waals surface area (Å²) in [6.07, 6.45) is 4.91. The zero-order chi connectivity index (χ0) is 18.5. The van der Waals surface area contributed by atoms with E-state index in [2.05, 4.69) is 4.98 Å². The van der Waals surface area contributed by atoms with Crippen molar-refractivity contribution >= 4 is 17.5 Å². The number of rotatable bonds is 1. The Bertz CT molecular complexity index is 820. The van der Waals surface area contributed by atoms with Crippen LogP contribution < -0.4 is 15.4 Å². The normalized spacial score (nSPS) is 15.6. The van der Waals surface area contributed by atoms with E-state index in [4.69, 9.17) is 10.5 Å². The van der Waals surface area contributed by atoms with E-state index in [1.165, 1.54) is 18.4 Å². The van der Waals surface area contributed by atoms with Crippen LogP contribution in [-0.2, 0) is 17.6 Å². The van der Waals surface area contributed by atoms with E-state index < -0.39 is 5.91 Å². The molecule has 2 aliphatic rings. The number of amides is 2. The summed E-state index contributed by atoms with van der Waals surface area (Å²) >= 11 is 0. The minimum absolute atomic E-state index is 0.102. The Hall–Kier alpha value is -2.89. The number of para-hydroxylation sites is 2. The molecule has 0 atom stereocenters. The van der Waals surface area contributed by atoms with Gasteiger partial charge in [-0.3, -0.25) is 9.59 Å². The number of nitrogens with two attached hydrogens (primary N) is 1. The molecule has 2 amide bonds. The summed E-state index contributed by atoms with van der Waals surface area (Å²) in [5.41, 5.74) is 8.72. The van der Waals surface area contributed by atoms with Crippen LogP contribution >= 0.6 is 0 Å². The van der Waals surface area contributed by atoms with E-state index in [-0.39, 0.29) is 5.91 Å². The van der Waals surface area contributed by atoms with Gasteiger partial charge in [0.2, 0.25) is 5.91 Å². The van der Waals surface area contributed by atoms with E-state index in [0.29, 0.717) is 18.7 Å². The van der Waals surface area contributed by atoms with Gasteiger partial charge in [0.15, 0.2) is 0 Å². The molecule has 136 valence electrons. The number of fused-ring (bicyclic) bond motifs is 2. The second-order valence-electron chi connectivity index (χ2n) is 6.39. The molecule has 1 aromatic carbocycles. The first kappa shape index (κ1) is 17.9. The molecule has 26 heavy (non-hydrogen) atoms. The number of primary amides is 1. The third-order valence-electron chi connectivity index (χ3n) is 4.60. The van der Waals surface area contributed by atoms with E-state index in [0.717, 1.165) is 30.0 Å². The second-order valence-corrected chi connectivity index (χ2v) is 6.39. The van der Waals surface area contributed by atoms with Gasteiger partial charge in [-0.15, -0.1) is 0 Å². The van der Waals surface area contributed by atoms with Crippen molar-refractivity contribution in [1.82, 2.24) is 4.98 Å². The predicted molar refractivity (Wildman–Crippen MR) is 99.4 cm³/mol. The van der Waals surface area contributed by atoms with Crippen LogP contribution in [0.5, 0.6) is 5.75 Å². The van der Waals surface area contributed by atoms with Crippen LogP contribution in [0.15, 0.2) is 36.4 Å². The summed E-state index contributed by atoms with van der Waals surface area (Å²) in [5.74, 6) is 0.453. The van der Waals surface area contributed by atoms with Gasteiger partial charge in [-0.1, -0.05) is 18.2 Å². The first-order valence-electron chi connectivity index (χ1n) is 8.83. The molecular formula is C20H23N3O3. The highest BCUT2D eigenvalue weighted by atomic mass is 16.5. The zero-order valence-corrected chi connectivity index (χ0v) is 14.9. The number of ether oxygens (including phenoxy) is 1. The molecule has 4 rings (SSSR count). The molecule has 2 N–H and O–H groups in total. The number of hydrogen-bond acceptors (Lipinski definition) is 4. The van der Waals surface area contributed by atoms with Gasteiger partial charge in [0.1, 0.15) is 11.4 Å². The van der Waals surface area contributed by atoms with Gasteiger partial charge < -0.3 is 15.4 Å². The summed E-state index contributed by atoms with van der Waals surface area (Å²) in [6, 6.07) is 11.3. The number of nitrogens with zero attached hydrogens (tertiary/aromatic N) is 2. The molecule has 0 bridgehead atoms. The number of pyridine rings is 1. The predicted octanol–water partition coefficient (Wildman–Crippen LogP) is 2.49. The molecule has 6 nitrogen and oxygen atoms in total. The monoisotopic (exact) mass is 353 g/mol. The quantitative estimate of drug-likeness (QED) is 0.853. The number of aromatic nitrogens is 1. The molecule has 2 aromatic rings. The number of carbonyl (C=O) groups excluding carboxylic acids is 2. The van der Waals surface area contributed by atoms with Crippen LogP contribution in [-0.4, -0.2) is 30.5 Å². The highest BCUT2D eigenvalue weighted by Crippen LogP contribution is 2.29. The van der Waals surface area contributed by atoms with Crippen molar-refractivity contribution in [3.05, 3.63) is 53.3 Å². The average molecular weight is 353 g/mol. The molecule has 0 unspecified atom stereocenters. The van der Waals surface area contributed by atoms with Gasteiger partial charge in [0.05, 0.1) is 18.7 Å². The lowest BCUT2D eigenvalue weighted by Gasteiger charge is -2.15. The van der Waals surface area contributed by atoms with E-state index in [9.17, 15) is 9.59 Å². The first-order chi connectivity index (χ1) is 12.6. The standard InChI is InChI=1S/C10H12N2O.C10H11NO2/c11-10(13)9-6-5-7-3-1-2-4-8(7)12-9;1-11-8-4-2-3-5-9(8)13-7-6-10(11)12/h5-6H,1-4H2,(H2,11,13);2-5H,6-7H2,1H3. The average Bonchev–Trinajstić information content (AvgIpc) is 2.81. The topological polar surface area (TPSA) is 85.5 Å². The lowest BCUT2D eigenvalue weighted by molar-refractivity contribution is -0.118. The van der Waals surface area contributed by atoms with Gasteiger partial charge in [0.25, 0.3) is 5.91 Å². The number of carbonyl (C=O) groups is 2. The minimum Gasteiger partial charge on any atom is -0.491 e. The maximum absolute atomic E-state index is 11.4. The molecule has 0 saturated heterocycles. The molecule has 1 aliphatic heterocycles. The lowest BCUT2D eigenvalue weighted by Crippen LogP contribution is -2.24. The van der Waals surface area contributed by atoms with Gasteiger partial charge in [-0.25, -0.2) is 4.98 Å². The number of hydrogen-bond donors (Lipinski definition) is 1. The molecule has 1 aromatic heterocycles. The third kappa shape index (κ3) is 4.02. The van der Waals surface area contributed by atoms with Crippen molar-refractivity contribution in [2.45, 2.75) is 32.1 Å². The molecule has 2 heterocycles. The van der Waals surface area contributed by atoms with Gasteiger partial charge in [0, 0.05) is 12.7 Å². The van der Waals surface area contributed by atoms with Crippen molar-refractivity contribution in [2.24, 2.45) is 5.73 Å². The summed E-state index contributed by atoms with van der Waals surface area (Å²) < 4.78 is 5.43. The summed E-state index contributed by atoms with van der Waals surface area (Å²) in [6.45, 7) is 0.472. The van der Waals surface area contributed by atoms with Gasteiger partial charge in [-0.2, -0.15) is 0 Å². The largest absolute Gasteiger partial charge is 0.491 e. The third-order valence-corrected chi connectivity index (χ3v) is 4.60. The molecule has 0 saturated carbocycles. The van der Waals surface area contributed by atoms with Gasteiger partial charge >= 0.3 is 0 Å². The van der Waals surface area contributed by atoms with Crippen LogP contribution in [0.2, 0.25) is 0 Å². The molecular weight excluding hydrogens is 330 g/mol. The molecule has 0 fully saturated rings. The van der Waals surface area contributed by atoms with Crippen LogP contribution in [0.1, 0.15) is 41.0 Å². The lowest BCUT2D eigenvalue weighted by atomic mass is 9.96. The number of aryl methyl sites for hydroxylation is 2. The van der Waals surface area contributed by atoms with Crippen LogP contribution in [0.4, 0.5) is 5.69 Å². The molecule has 0 spiro atoms. The van der Waals surface area contributed by atoms with Crippen molar-refractivity contribution < 1.29 is 14.3 Å². The molecule has 6 heteroatoms. The Morgan fingerprint density at radius 3 is 2.69 bits per heavy atom. The molecule has 1 aliphatic carbocycles. The van der Waals surface area contributed by atoms with Crippen LogP contribution in [0.25, 0.3) is 0 Å². The Morgan fingerprint density at radius 2 is 1.88 bits per heavy atom. The minimum atomic E-state index is -0.437. The highest BCUT2D eigenvalue weighted by Gasteiger charge is 2.18. The fourth-order valence-electron chi connectivity index (χ4n) is 3.13. The van der Waals surface area contributed by atoms with Gasteiger partial charge in [-0.05, 0) is 49.4 Å². The maximum atomic E-state index is 11.4. The van der Waals surface area contributed by atoms with E-state index in [1.54, 1.807) is 18.0 Å². The smallest absolute Gasteiger partial charge is 0.267 e. The Morgan fingerprint density at radius 1 is 1.12 bits per heavy atom. The van der Waals surface area contributed by atoms with Crippen molar-refractivity contribution in [2.75, 3.05) is 18.6 Å². The van der Waals surface area contributed by atoms with E-state index >= 15 is 0 Å². The maximum Gasteiger partial charge on any atom is 0.267 e. The van der Waals surface area contributed by atoms with Crippen LogP contribution in [0.3, 0.4) is 0 Å². The second kappa shape index (κ2) is 7.99. The van der Waals surface area contributed by atoms with Crippen molar-refractivity contribution in [3.63, 3.8) is 0 Å². The van der Waals surface area contributed by atoms with Crippen molar-refractivity contribution in [1.29, 1.82) is 0 Å². The number of benzene rings is 1. The van der Waals surface area contributed by atoms with E-state index in [1.807, 2.05) is 30.3 Å². The highest BCUT2D eigenvalue weighted by molar-refractivity contribution is 5.95. The zero-order valence-electron chi connectivity index (χ0n) is 14.9. The van der Waals surface area contributed by atoms with Crippen molar-refractivity contribution in [3.8, 4) is 5.75 Å². The fraction of sp³-hybridized carbons (Fsp3) is 0.350. The fourth-order valence-corrected chi connectivity index (χ4v) is 3.13. The Labute approximate surface area is 153 Å². The summed E-state index contributed by atoms with van der Waals surface area (Å²) in [7, 11) is 1.77. The number of anilines is 1. The Balaban J connectivity index is 0.000000151. The summed E-state index contributed by atoms with van der Waals surface area (Å²) in [5, 5.41) is 0. The summed E-state index contributed by atoms with van der Waals surface area (Å²) in [4.78, 5) is 28.1. The Kier molecular flexibility index (Phi) is 5.51. The SMILES string of the molecule is CN1C(=O)CCOc2ccccc21.NC(=O)c1ccc2c(n1)CCCC2.